The van der Waals surface area contributed by atoms with E-state index in [-0.39, 0.29) is 5.69 Å². The van der Waals surface area contributed by atoms with Gasteiger partial charge < -0.3 is 4.42 Å². The number of hydrogen-bond donors (Lipinski definition) is 2. The molecule has 0 radical (unpaired) electrons. The van der Waals surface area contributed by atoms with E-state index < -0.39 is 5.91 Å². The van der Waals surface area contributed by atoms with Crippen molar-refractivity contribution in [1.82, 2.24) is 15.6 Å². The van der Waals surface area contributed by atoms with Crippen LogP contribution in [0.5, 0.6) is 0 Å². The molecule has 0 saturated heterocycles. The third-order valence-electron chi connectivity index (χ3n) is 3.09. The number of carbonyl (C=O) groups is 1. The summed E-state index contributed by atoms with van der Waals surface area (Å²) in [4.78, 5) is 13.2. The number of benzene rings is 1. The van der Waals surface area contributed by atoms with E-state index in [1.807, 2.05) is 30.5 Å². The molecule has 1 amide bonds. The number of hydrogen-bond acceptors (Lipinski definition) is 5. The van der Waals surface area contributed by atoms with Gasteiger partial charge in [0.1, 0.15) is 5.69 Å². The molecule has 0 unspecified atom stereocenters. The minimum absolute atomic E-state index is 0.242. The average Bonchev–Trinajstić information content (AvgIpc) is 3.26. The summed E-state index contributed by atoms with van der Waals surface area (Å²) in [5.41, 5.74) is 4.23. The standard InChI is InChI=1S/C16H14N4O2S/c1-23-12-6-4-11(5-7-12)10-17-20-16(21)14-9-13(18-19-14)15-3-2-8-22-15/h2-10H,1H3,(H,18,19)(H,20,21). The van der Waals surface area contributed by atoms with Crippen molar-refractivity contribution >= 4 is 23.9 Å². The van der Waals surface area contributed by atoms with Gasteiger partial charge in [-0.05, 0) is 36.1 Å². The molecule has 0 aliphatic heterocycles. The first-order chi connectivity index (χ1) is 11.3. The van der Waals surface area contributed by atoms with E-state index in [0.29, 0.717) is 11.5 Å². The van der Waals surface area contributed by atoms with Gasteiger partial charge in [0.15, 0.2) is 11.5 Å². The molecule has 2 N–H and O–H groups in total. The Morgan fingerprint density at radius 1 is 1.35 bits per heavy atom. The third kappa shape index (κ3) is 3.70. The van der Waals surface area contributed by atoms with Crippen LogP contribution in [0.1, 0.15) is 16.1 Å². The van der Waals surface area contributed by atoms with Gasteiger partial charge in [0, 0.05) is 11.0 Å². The molecule has 2 aromatic heterocycles. The molecule has 7 heteroatoms. The predicted octanol–water partition coefficient (Wildman–Crippen LogP) is 3.16. The van der Waals surface area contributed by atoms with E-state index in [1.165, 1.54) is 4.90 Å². The van der Waals surface area contributed by atoms with E-state index in [4.69, 9.17) is 4.42 Å². The quantitative estimate of drug-likeness (QED) is 0.428. The molecule has 3 aromatic rings. The Kier molecular flexibility index (Phi) is 4.58. The first kappa shape index (κ1) is 15.1. The highest BCUT2D eigenvalue weighted by Gasteiger charge is 2.11. The van der Waals surface area contributed by atoms with Crippen molar-refractivity contribution in [3.05, 3.63) is 60.0 Å². The number of aromatic amines is 1. The van der Waals surface area contributed by atoms with Gasteiger partial charge in [-0.3, -0.25) is 9.89 Å². The van der Waals surface area contributed by atoms with Crippen molar-refractivity contribution in [1.29, 1.82) is 0 Å². The fourth-order valence-electron chi connectivity index (χ4n) is 1.91. The molecule has 3 rings (SSSR count). The van der Waals surface area contributed by atoms with Crippen LogP contribution in [-0.2, 0) is 0 Å². The number of aromatic nitrogens is 2. The van der Waals surface area contributed by atoms with Gasteiger partial charge in [-0.15, -0.1) is 11.8 Å². The molecule has 116 valence electrons. The second kappa shape index (κ2) is 6.97. The van der Waals surface area contributed by atoms with Crippen LogP contribution in [0.25, 0.3) is 11.5 Å². The maximum absolute atomic E-state index is 12.0. The predicted molar refractivity (Wildman–Crippen MR) is 89.6 cm³/mol. The molecule has 0 spiro atoms. The van der Waals surface area contributed by atoms with Crippen LogP contribution < -0.4 is 5.43 Å². The molecule has 6 nitrogen and oxygen atoms in total. The van der Waals surface area contributed by atoms with E-state index >= 15 is 0 Å². The van der Waals surface area contributed by atoms with Crippen LogP contribution in [0.3, 0.4) is 0 Å². The molecular weight excluding hydrogens is 312 g/mol. The largest absolute Gasteiger partial charge is 0.463 e. The van der Waals surface area contributed by atoms with Crippen LogP contribution in [0.4, 0.5) is 0 Å². The van der Waals surface area contributed by atoms with E-state index in [9.17, 15) is 4.79 Å². The molecule has 23 heavy (non-hydrogen) atoms. The van der Waals surface area contributed by atoms with Crippen molar-refractivity contribution in [2.75, 3.05) is 6.26 Å². The zero-order valence-corrected chi connectivity index (χ0v) is 13.1. The number of nitrogens with zero attached hydrogens (tertiary/aromatic N) is 2. The zero-order chi connectivity index (χ0) is 16.1. The molecule has 0 saturated carbocycles. The smallest absolute Gasteiger partial charge is 0.291 e. The molecule has 0 bridgehead atoms. The fraction of sp³-hybridized carbons (Fsp3) is 0.0625. The topological polar surface area (TPSA) is 83.3 Å². The zero-order valence-electron chi connectivity index (χ0n) is 12.3. The van der Waals surface area contributed by atoms with Gasteiger partial charge in [-0.2, -0.15) is 10.2 Å². The highest BCUT2D eigenvalue weighted by Crippen LogP contribution is 2.17. The number of nitrogens with one attached hydrogen (secondary N) is 2. The lowest BCUT2D eigenvalue weighted by atomic mass is 10.2. The normalized spacial score (nSPS) is 11.0. The molecule has 2 heterocycles. The van der Waals surface area contributed by atoms with Crippen molar-refractivity contribution in [2.45, 2.75) is 4.90 Å². The third-order valence-corrected chi connectivity index (χ3v) is 3.84. The molecule has 1 aromatic carbocycles. The Morgan fingerprint density at radius 3 is 2.87 bits per heavy atom. The highest BCUT2D eigenvalue weighted by atomic mass is 32.2. The summed E-state index contributed by atoms with van der Waals surface area (Å²) in [6, 6.07) is 13.0. The summed E-state index contributed by atoms with van der Waals surface area (Å²) in [6.07, 6.45) is 5.16. The van der Waals surface area contributed by atoms with Crippen molar-refractivity contribution in [3.63, 3.8) is 0 Å². The molecule has 0 atom stereocenters. The number of amides is 1. The van der Waals surface area contributed by atoms with Crippen LogP contribution in [0, 0.1) is 0 Å². The molecule has 0 fully saturated rings. The van der Waals surface area contributed by atoms with Crippen LogP contribution >= 0.6 is 11.8 Å². The summed E-state index contributed by atoms with van der Waals surface area (Å²) in [7, 11) is 0. The minimum atomic E-state index is -0.393. The lowest BCUT2D eigenvalue weighted by molar-refractivity contribution is 0.0950. The van der Waals surface area contributed by atoms with Crippen molar-refractivity contribution < 1.29 is 9.21 Å². The minimum Gasteiger partial charge on any atom is -0.463 e. The Balaban J connectivity index is 1.61. The van der Waals surface area contributed by atoms with E-state index in [1.54, 1.807) is 42.4 Å². The molecule has 0 aliphatic rings. The monoisotopic (exact) mass is 326 g/mol. The maximum Gasteiger partial charge on any atom is 0.291 e. The number of H-pyrrole nitrogens is 1. The number of rotatable bonds is 5. The Morgan fingerprint density at radius 2 is 2.17 bits per heavy atom. The summed E-state index contributed by atoms with van der Waals surface area (Å²) in [5.74, 6) is 0.227. The van der Waals surface area contributed by atoms with Crippen molar-refractivity contribution in [3.8, 4) is 11.5 Å². The summed E-state index contributed by atoms with van der Waals surface area (Å²) < 4.78 is 5.24. The number of carbonyl (C=O) groups excluding carboxylic acids is 1. The van der Waals surface area contributed by atoms with Crippen LogP contribution in [0.15, 0.2) is 63.1 Å². The van der Waals surface area contributed by atoms with E-state index in [2.05, 4.69) is 20.7 Å². The SMILES string of the molecule is CSc1ccc(C=NNC(=O)c2cc(-c3ccco3)[nH]n2)cc1. The lowest BCUT2D eigenvalue weighted by Gasteiger charge is -1.97. The second-order valence-electron chi connectivity index (χ2n) is 4.62. The van der Waals surface area contributed by atoms with Crippen LogP contribution in [0.2, 0.25) is 0 Å². The van der Waals surface area contributed by atoms with Gasteiger partial charge in [-0.1, -0.05) is 12.1 Å². The lowest BCUT2D eigenvalue weighted by Crippen LogP contribution is -2.17. The van der Waals surface area contributed by atoms with Gasteiger partial charge in [-0.25, -0.2) is 5.43 Å². The number of furan rings is 1. The Bertz CT molecular complexity index is 807. The van der Waals surface area contributed by atoms with E-state index in [0.717, 1.165) is 5.56 Å². The van der Waals surface area contributed by atoms with Gasteiger partial charge in [0.2, 0.25) is 0 Å². The van der Waals surface area contributed by atoms with Gasteiger partial charge in [0.25, 0.3) is 5.91 Å². The molecule has 0 aliphatic carbocycles. The highest BCUT2D eigenvalue weighted by molar-refractivity contribution is 7.98. The summed E-state index contributed by atoms with van der Waals surface area (Å²) in [5, 5.41) is 10.6. The second-order valence-corrected chi connectivity index (χ2v) is 5.50. The van der Waals surface area contributed by atoms with Gasteiger partial charge in [0.05, 0.1) is 12.5 Å². The first-order valence-corrected chi connectivity index (χ1v) is 8.05. The average molecular weight is 326 g/mol. The molecular formula is C16H14N4O2S. The summed E-state index contributed by atoms with van der Waals surface area (Å²) in [6.45, 7) is 0. The van der Waals surface area contributed by atoms with Gasteiger partial charge >= 0.3 is 0 Å². The van der Waals surface area contributed by atoms with Crippen molar-refractivity contribution in [2.24, 2.45) is 5.10 Å². The maximum atomic E-state index is 12.0. The van der Waals surface area contributed by atoms with Crippen LogP contribution in [-0.4, -0.2) is 28.6 Å². The first-order valence-electron chi connectivity index (χ1n) is 6.83. The fourth-order valence-corrected chi connectivity index (χ4v) is 2.32. The Hall–Kier alpha value is -2.80. The summed E-state index contributed by atoms with van der Waals surface area (Å²) >= 11 is 1.67. The Labute approximate surface area is 137 Å². The number of hydrazone groups is 1. The number of thioether (sulfide) groups is 1.